The first-order valence-corrected chi connectivity index (χ1v) is 6.94. The number of rotatable bonds is 5. The molecule has 0 fully saturated rings. The number of para-hydroxylation sites is 1. The first kappa shape index (κ1) is 13.4. The van der Waals surface area contributed by atoms with E-state index >= 15 is 0 Å². The first-order valence-electron chi connectivity index (χ1n) is 6.94. The number of hydrogen-bond donors (Lipinski definition) is 1. The molecule has 1 aromatic rings. The molecule has 2 rings (SSSR count). The summed E-state index contributed by atoms with van der Waals surface area (Å²) in [5, 5.41) is 3.33. The summed E-state index contributed by atoms with van der Waals surface area (Å²) in [5.74, 6) is 1.73. The van der Waals surface area contributed by atoms with Crippen LogP contribution in [-0.2, 0) is 6.42 Å². The van der Waals surface area contributed by atoms with Gasteiger partial charge in [0.2, 0.25) is 0 Å². The van der Waals surface area contributed by atoms with Crippen molar-refractivity contribution in [1.29, 1.82) is 0 Å². The molecule has 0 spiro atoms. The van der Waals surface area contributed by atoms with Gasteiger partial charge in [-0.3, -0.25) is 0 Å². The van der Waals surface area contributed by atoms with Crippen LogP contribution < -0.4 is 10.1 Å². The molecule has 2 heteroatoms. The maximum absolute atomic E-state index is 6.07. The van der Waals surface area contributed by atoms with Gasteiger partial charge in [-0.1, -0.05) is 39.0 Å². The Bertz CT molecular complexity index is 377. The number of fused-ring (bicyclic) bond motifs is 1. The Labute approximate surface area is 111 Å². The highest BCUT2D eigenvalue weighted by Crippen LogP contribution is 2.37. The van der Waals surface area contributed by atoms with Gasteiger partial charge in [0.25, 0.3) is 0 Å². The van der Waals surface area contributed by atoms with Crippen molar-refractivity contribution in [3.8, 4) is 5.75 Å². The summed E-state index contributed by atoms with van der Waals surface area (Å²) in [6, 6.07) is 8.41. The average Bonchev–Trinajstić information content (AvgIpc) is 2.70. The van der Waals surface area contributed by atoms with Crippen LogP contribution in [0.25, 0.3) is 0 Å². The van der Waals surface area contributed by atoms with Crippen LogP contribution in [0.1, 0.15) is 32.8 Å². The predicted octanol–water partition coefficient (Wildman–Crippen LogP) is 3.26. The highest BCUT2D eigenvalue weighted by atomic mass is 16.5. The zero-order valence-corrected chi connectivity index (χ0v) is 12.0. The summed E-state index contributed by atoms with van der Waals surface area (Å²) in [5.41, 5.74) is 1.65. The SMILES string of the molecule is CNCC(C)(CC1Cc2ccccc2O1)C(C)C. The maximum Gasteiger partial charge on any atom is 0.123 e. The fourth-order valence-electron chi connectivity index (χ4n) is 2.80. The van der Waals surface area contributed by atoms with Gasteiger partial charge in [0, 0.05) is 13.0 Å². The topological polar surface area (TPSA) is 21.3 Å². The molecule has 2 atom stereocenters. The Morgan fingerprint density at radius 1 is 1.39 bits per heavy atom. The Kier molecular flexibility index (Phi) is 3.96. The molecule has 2 nitrogen and oxygen atoms in total. The third-order valence-electron chi connectivity index (χ3n) is 4.38. The molecular formula is C16H25NO. The lowest BCUT2D eigenvalue weighted by Gasteiger charge is -2.35. The molecule has 0 amide bonds. The molecule has 2 unspecified atom stereocenters. The molecule has 0 saturated heterocycles. The summed E-state index contributed by atoms with van der Waals surface area (Å²) in [6.45, 7) is 8.01. The quantitative estimate of drug-likeness (QED) is 0.862. The largest absolute Gasteiger partial charge is 0.490 e. The van der Waals surface area contributed by atoms with Gasteiger partial charge >= 0.3 is 0 Å². The molecule has 1 aromatic carbocycles. The molecule has 18 heavy (non-hydrogen) atoms. The Morgan fingerprint density at radius 3 is 2.72 bits per heavy atom. The summed E-state index contributed by atoms with van der Waals surface area (Å²) in [6.07, 6.45) is 2.51. The molecule has 1 heterocycles. The molecule has 0 aliphatic carbocycles. The lowest BCUT2D eigenvalue weighted by Crippen LogP contribution is -2.38. The molecule has 1 aliphatic rings. The molecule has 1 aliphatic heterocycles. The number of hydrogen-bond acceptors (Lipinski definition) is 2. The van der Waals surface area contributed by atoms with Crippen LogP contribution in [-0.4, -0.2) is 19.7 Å². The Hall–Kier alpha value is -1.02. The summed E-state index contributed by atoms with van der Waals surface area (Å²) in [7, 11) is 2.03. The minimum Gasteiger partial charge on any atom is -0.490 e. The lowest BCUT2D eigenvalue weighted by molar-refractivity contribution is 0.108. The zero-order valence-electron chi connectivity index (χ0n) is 12.0. The van der Waals surface area contributed by atoms with Gasteiger partial charge in [0.15, 0.2) is 0 Å². The Morgan fingerprint density at radius 2 is 2.11 bits per heavy atom. The molecule has 0 radical (unpaired) electrons. The predicted molar refractivity (Wildman–Crippen MR) is 76.1 cm³/mol. The van der Waals surface area contributed by atoms with Gasteiger partial charge in [0.05, 0.1) is 0 Å². The minimum atomic E-state index is 0.293. The molecule has 0 saturated carbocycles. The van der Waals surface area contributed by atoms with Gasteiger partial charge in [0.1, 0.15) is 11.9 Å². The van der Waals surface area contributed by atoms with E-state index in [2.05, 4.69) is 50.4 Å². The van der Waals surface area contributed by atoms with E-state index in [4.69, 9.17) is 4.74 Å². The van der Waals surface area contributed by atoms with E-state index in [1.165, 1.54) is 5.56 Å². The normalized spacial score (nSPS) is 21.5. The maximum atomic E-state index is 6.07. The monoisotopic (exact) mass is 247 g/mol. The number of nitrogens with one attached hydrogen (secondary N) is 1. The highest BCUT2D eigenvalue weighted by molar-refractivity contribution is 5.37. The van der Waals surface area contributed by atoms with E-state index in [0.29, 0.717) is 17.4 Å². The molecule has 0 aromatic heterocycles. The van der Waals surface area contributed by atoms with Crippen LogP contribution >= 0.6 is 0 Å². The minimum absolute atomic E-state index is 0.293. The summed E-state index contributed by atoms with van der Waals surface area (Å²) < 4.78 is 6.07. The van der Waals surface area contributed by atoms with Crippen molar-refractivity contribution in [2.45, 2.75) is 39.7 Å². The molecular weight excluding hydrogens is 222 g/mol. The van der Waals surface area contributed by atoms with E-state index in [-0.39, 0.29) is 0 Å². The van der Waals surface area contributed by atoms with Gasteiger partial charge in [-0.25, -0.2) is 0 Å². The number of ether oxygens (including phenoxy) is 1. The van der Waals surface area contributed by atoms with E-state index in [1.807, 2.05) is 7.05 Å². The zero-order chi connectivity index (χ0) is 13.2. The van der Waals surface area contributed by atoms with Gasteiger partial charge < -0.3 is 10.1 Å². The standard InChI is InChI=1S/C16H25NO/c1-12(2)16(3,11-17-4)10-14-9-13-7-5-6-8-15(13)18-14/h5-8,12,14,17H,9-11H2,1-4H3. The molecule has 100 valence electrons. The van der Waals surface area contributed by atoms with Crippen molar-refractivity contribution in [3.05, 3.63) is 29.8 Å². The fourth-order valence-corrected chi connectivity index (χ4v) is 2.80. The highest BCUT2D eigenvalue weighted by Gasteiger charge is 2.34. The van der Waals surface area contributed by atoms with Crippen molar-refractivity contribution in [2.75, 3.05) is 13.6 Å². The molecule has 0 bridgehead atoms. The van der Waals surface area contributed by atoms with E-state index in [1.54, 1.807) is 0 Å². The number of benzene rings is 1. The van der Waals surface area contributed by atoms with E-state index in [9.17, 15) is 0 Å². The van der Waals surface area contributed by atoms with Crippen LogP contribution in [0.4, 0.5) is 0 Å². The van der Waals surface area contributed by atoms with Gasteiger partial charge in [-0.2, -0.15) is 0 Å². The third kappa shape index (κ3) is 2.69. The van der Waals surface area contributed by atoms with Gasteiger partial charge in [-0.15, -0.1) is 0 Å². The summed E-state index contributed by atoms with van der Waals surface area (Å²) >= 11 is 0. The van der Waals surface area contributed by atoms with Crippen molar-refractivity contribution in [2.24, 2.45) is 11.3 Å². The van der Waals surface area contributed by atoms with Crippen molar-refractivity contribution in [1.82, 2.24) is 5.32 Å². The van der Waals surface area contributed by atoms with Crippen LogP contribution in [0.2, 0.25) is 0 Å². The average molecular weight is 247 g/mol. The van der Waals surface area contributed by atoms with Crippen molar-refractivity contribution >= 4 is 0 Å². The second kappa shape index (κ2) is 5.31. The smallest absolute Gasteiger partial charge is 0.123 e. The third-order valence-corrected chi connectivity index (χ3v) is 4.38. The second-order valence-corrected chi connectivity index (χ2v) is 6.09. The Balaban J connectivity index is 2.03. The summed E-state index contributed by atoms with van der Waals surface area (Å²) in [4.78, 5) is 0. The van der Waals surface area contributed by atoms with Crippen molar-refractivity contribution in [3.63, 3.8) is 0 Å². The van der Waals surface area contributed by atoms with E-state index < -0.39 is 0 Å². The second-order valence-electron chi connectivity index (χ2n) is 6.09. The van der Waals surface area contributed by atoms with Crippen LogP contribution in [0.5, 0.6) is 5.75 Å². The van der Waals surface area contributed by atoms with E-state index in [0.717, 1.165) is 25.1 Å². The van der Waals surface area contributed by atoms with Crippen LogP contribution in [0, 0.1) is 11.3 Å². The van der Waals surface area contributed by atoms with Crippen LogP contribution in [0.3, 0.4) is 0 Å². The van der Waals surface area contributed by atoms with Gasteiger partial charge in [-0.05, 0) is 36.4 Å². The fraction of sp³-hybridized carbons (Fsp3) is 0.625. The van der Waals surface area contributed by atoms with Crippen LogP contribution in [0.15, 0.2) is 24.3 Å². The first-order chi connectivity index (χ1) is 8.55. The van der Waals surface area contributed by atoms with Crippen molar-refractivity contribution < 1.29 is 4.74 Å². The lowest BCUT2D eigenvalue weighted by atomic mass is 9.74. The molecule has 1 N–H and O–H groups in total.